The number of alkyl halides is 3. The molecule has 0 spiro atoms. The lowest BCUT2D eigenvalue weighted by molar-refractivity contribution is -0.140. The highest BCUT2D eigenvalue weighted by molar-refractivity contribution is 7.92. The van der Waals surface area contributed by atoms with Crippen LogP contribution >= 0.6 is 11.6 Å². The maximum atomic E-state index is 13.6. The first-order valence-electron chi connectivity index (χ1n) is 11.7. The van der Waals surface area contributed by atoms with Gasteiger partial charge in [-0.3, -0.25) is 13.9 Å². The molecule has 0 saturated heterocycles. The number of carbonyl (C=O) groups excluding carboxylic acids is 2. The third kappa shape index (κ3) is 8.36. The van der Waals surface area contributed by atoms with Gasteiger partial charge < -0.3 is 10.2 Å². The number of hydrogen-bond donors (Lipinski definition) is 1. The van der Waals surface area contributed by atoms with E-state index in [1.807, 2.05) is 26.0 Å². The normalized spacial score (nSPS) is 12.6. The molecule has 0 heterocycles. The van der Waals surface area contributed by atoms with Gasteiger partial charge in [-0.15, -0.1) is 0 Å². The van der Waals surface area contributed by atoms with Crippen molar-refractivity contribution in [2.24, 2.45) is 0 Å². The van der Waals surface area contributed by atoms with Crippen molar-refractivity contribution in [2.75, 3.05) is 23.7 Å². The van der Waals surface area contributed by atoms with Crippen LogP contribution in [0.3, 0.4) is 0 Å². The quantitative estimate of drug-likeness (QED) is 0.428. The number of nitrogens with zero attached hydrogens (tertiary/aromatic N) is 2. The molecular formula is C25H31ClF3N3O4S. The Morgan fingerprint density at radius 2 is 1.78 bits per heavy atom. The molecule has 2 aromatic rings. The van der Waals surface area contributed by atoms with Crippen molar-refractivity contribution in [3.8, 4) is 0 Å². The van der Waals surface area contributed by atoms with E-state index in [2.05, 4.69) is 5.32 Å². The van der Waals surface area contributed by atoms with Gasteiger partial charge in [0.15, 0.2) is 0 Å². The zero-order valence-corrected chi connectivity index (χ0v) is 22.7. The Hall–Kier alpha value is -2.79. The number of carbonyl (C=O) groups is 2. The van der Waals surface area contributed by atoms with Crippen LogP contribution in [-0.4, -0.2) is 50.5 Å². The van der Waals surface area contributed by atoms with Crippen LogP contribution in [0.1, 0.15) is 43.4 Å². The maximum Gasteiger partial charge on any atom is 0.417 e. The largest absolute Gasteiger partial charge is 0.417 e. The van der Waals surface area contributed by atoms with Crippen LogP contribution in [0.5, 0.6) is 0 Å². The highest BCUT2D eigenvalue weighted by Crippen LogP contribution is 2.37. The molecule has 2 amide bonds. The summed E-state index contributed by atoms with van der Waals surface area (Å²) < 4.78 is 66.1. The van der Waals surface area contributed by atoms with Crippen LogP contribution in [0.25, 0.3) is 0 Å². The molecule has 37 heavy (non-hydrogen) atoms. The Balaban J connectivity index is 2.51. The summed E-state index contributed by atoms with van der Waals surface area (Å²) in [6, 6.07) is 8.96. The van der Waals surface area contributed by atoms with E-state index in [9.17, 15) is 31.2 Å². The van der Waals surface area contributed by atoms with E-state index in [4.69, 9.17) is 11.6 Å². The minimum absolute atomic E-state index is 0.00455. The van der Waals surface area contributed by atoms with Crippen molar-refractivity contribution >= 4 is 39.1 Å². The Bertz CT molecular complexity index is 1220. The lowest BCUT2D eigenvalue weighted by atomic mass is 10.1. The fourth-order valence-corrected chi connectivity index (χ4v) is 4.86. The van der Waals surface area contributed by atoms with Gasteiger partial charge >= 0.3 is 6.18 Å². The summed E-state index contributed by atoms with van der Waals surface area (Å²) in [4.78, 5) is 27.7. The van der Waals surface area contributed by atoms with Crippen LogP contribution in [0, 0.1) is 6.92 Å². The monoisotopic (exact) mass is 561 g/mol. The SMILES string of the molecule is CCCNC(=O)[C@H](CC)N(Cc1cccc(C)c1)C(=O)CN(c1ccc(Cl)c(C(F)(F)F)c1)S(C)(=O)=O. The van der Waals surface area contributed by atoms with E-state index in [0.29, 0.717) is 28.9 Å². The second-order valence-corrected chi connectivity index (χ2v) is 11.0. The number of nitrogens with one attached hydrogen (secondary N) is 1. The first-order valence-corrected chi connectivity index (χ1v) is 13.9. The van der Waals surface area contributed by atoms with Gasteiger partial charge in [-0.2, -0.15) is 13.2 Å². The Labute approximate surface area is 220 Å². The van der Waals surface area contributed by atoms with E-state index in [1.54, 1.807) is 19.1 Å². The molecule has 0 aliphatic carbocycles. The van der Waals surface area contributed by atoms with Crippen molar-refractivity contribution in [1.82, 2.24) is 10.2 Å². The molecule has 0 aromatic heterocycles. The minimum Gasteiger partial charge on any atom is -0.354 e. The number of sulfonamides is 1. The molecule has 0 saturated carbocycles. The van der Waals surface area contributed by atoms with E-state index in [-0.39, 0.29) is 18.7 Å². The van der Waals surface area contributed by atoms with Gasteiger partial charge in [0.25, 0.3) is 0 Å². The molecule has 0 bridgehead atoms. The van der Waals surface area contributed by atoms with Crippen LogP contribution in [0.4, 0.5) is 18.9 Å². The molecule has 1 N–H and O–H groups in total. The molecule has 0 aliphatic heterocycles. The molecule has 0 aliphatic rings. The third-order valence-corrected chi connectivity index (χ3v) is 7.06. The van der Waals surface area contributed by atoms with Gasteiger partial charge in [0.2, 0.25) is 21.8 Å². The number of hydrogen-bond acceptors (Lipinski definition) is 4. The number of halogens is 4. The molecule has 0 unspecified atom stereocenters. The summed E-state index contributed by atoms with van der Waals surface area (Å²) >= 11 is 5.69. The van der Waals surface area contributed by atoms with E-state index < -0.39 is 51.2 Å². The average molecular weight is 562 g/mol. The Morgan fingerprint density at radius 1 is 1.11 bits per heavy atom. The fraction of sp³-hybridized carbons (Fsp3) is 0.440. The van der Waals surface area contributed by atoms with Gasteiger partial charge in [-0.05, 0) is 43.5 Å². The van der Waals surface area contributed by atoms with Gasteiger partial charge in [0, 0.05) is 13.1 Å². The van der Waals surface area contributed by atoms with Crippen molar-refractivity contribution in [3.63, 3.8) is 0 Å². The summed E-state index contributed by atoms with van der Waals surface area (Å²) in [5.74, 6) is -1.14. The summed E-state index contributed by atoms with van der Waals surface area (Å²) in [5.41, 5.74) is 0.0418. The summed E-state index contributed by atoms with van der Waals surface area (Å²) in [5, 5.41) is 2.16. The molecule has 204 valence electrons. The number of rotatable bonds is 11. The number of amides is 2. The summed E-state index contributed by atoms with van der Waals surface area (Å²) in [7, 11) is -4.19. The molecule has 2 aromatic carbocycles. The fourth-order valence-electron chi connectivity index (χ4n) is 3.79. The smallest absolute Gasteiger partial charge is 0.354 e. The van der Waals surface area contributed by atoms with Crippen molar-refractivity contribution < 1.29 is 31.2 Å². The number of benzene rings is 2. The predicted octanol–water partition coefficient (Wildman–Crippen LogP) is 4.77. The van der Waals surface area contributed by atoms with Gasteiger partial charge in [0.05, 0.1) is 22.5 Å². The van der Waals surface area contributed by atoms with E-state index in [1.165, 1.54) is 4.90 Å². The van der Waals surface area contributed by atoms with Crippen molar-refractivity contribution in [3.05, 3.63) is 64.2 Å². The molecule has 0 radical (unpaired) electrons. The van der Waals surface area contributed by atoms with Crippen LogP contribution < -0.4 is 9.62 Å². The molecule has 1 atom stereocenters. The second kappa shape index (κ2) is 12.6. The first kappa shape index (κ1) is 30.4. The van der Waals surface area contributed by atoms with E-state index >= 15 is 0 Å². The number of anilines is 1. The molecule has 12 heteroatoms. The third-order valence-electron chi connectivity index (χ3n) is 5.59. The Morgan fingerprint density at radius 3 is 2.32 bits per heavy atom. The number of aryl methyl sites for hydroxylation is 1. The van der Waals surface area contributed by atoms with E-state index in [0.717, 1.165) is 24.0 Å². The van der Waals surface area contributed by atoms with Gasteiger partial charge in [0.1, 0.15) is 12.6 Å². The second-order valence-electron chi connectivity index (χ2n) is 8.66. The molecule has 0 fully saturated rings. The van der Waals surface area contributed by atoms with Gasteiger partial charge in [-0.25, -0.2) is 8.42 Å². The Kier molecular flexibility index (Phi) is 10.4. The maximum absolute atomic E-state index is 13.6. The average Bonchev–Trinajstić information content (AvgIpc) is 2.80. The zero-order valence-electron chi connectivity index (χ0n) is 21.1. The van der Waals surface area contributed by atoms with Crippen LogP contribution in [-0.2, 0) is 32.3 Å². The summed E-state index contributed by atoms with van der Waals surface area (Å²) in [6.07, 6.45) is -3.13. The summed E-state index contributed by atoms with van der Waals surface area (Å²) in [6.45, 7) is 5.05. The topological polar surface area (TPSA) is 86.8 Å². The minimum atomic E-state index is -4.83. The standard InChI is InChI=1S/C25H31ClF3N3O4S/c1-5-12-30-24(34)22(6-2)31(15-18-9-7-8-17(3)13-18)23(33)16-32(37(4,35)36)19-10-11-21(26)20(14-19)25(27,28)29/h7-11,13-14,22H,5-6,12,15-16H2,1-4H3,(H,30,34)/t22-/m0/s1. The van der Waals surface area contributed by atoms with Crippen molar-refractivity contribution in [2.45, 2.75) is 52.4 Å². The molecule has 2 rings (SSSR count). The highest BCUT2D eigenvalue weighted by atomic mass is 35.5. The lowest BCUT2D eigenvalue weighted by Crippen LogP contribution is -2.52. The van der Waals surface area contributed by atoms with Crippen LogP contribution in [0.2, 0.25) is 5.02 Å². The van der Waals surface area contributed by atoms with Crippen molar-refractivity contribution in [1.29, 1.82) is 0 Å². The lowest BCUT2D eigenvalue weighted by Gasteiger charge is -2.33. The highest BCUT2D eigenvalue weighted by Gasteiger charge is 2.36. The zero-order chi connectivity index (χ0) is 28.0. The van der Waals surface area contributed by atoms with Gasteiger partial charge in [-0.1, -0.05) is 55.3 Å². The predicted molar refractivity (Wildman–Crippen MR) is 138 cm³/mol. The molecule has 7 nitrogen and oxygen atoms in total. The van der Waals surface area contributed by atoms with Crippen LogP contribution in [0.15, 0.2) is 42.5 Å². The molecular weight excluding hydrogens is 531 g/mol. The first-order chi connectivity index (χ1) is 17.2.